The quantitative estimate of drug-likeness (QED) is 0.149. The van der Waals surface area contributed by atoms with Crippen LogP contribution in [-0.2, 0) is 34.8 Å². The maximum absolute atomic E-state index is 13.9. The van der Waals surface area contributed by atoms with Crippen molar-refractivity contribution in [1.29, 1.82) is 0 Å². The van der Waals surface area contributed by atoms with Crippen molar-refractivity contribution in [3.8, 4) is 22.9 Å². The molecule has 4 aliphatic heterocycles. The molecule has 2 aromatic carbocycles. The van der Waals surface area contributed by atoms with Gasteiger partial charge in [-0.2, -0.15) is 0 Å². The Bertz CT molecular complexity index is 2470. The summed E-state index contributed by atoms with van der Waals surface area (Å²) in [5, 5.41) is 44.5. The number of aromatic nitrogens is 4. The molecule has 9 rings (SSSR count). The van der Waals surface area contributed by atoms with Gasteiger partial charge < -0.3 is 45.6 Å². The first kappa shape index (κ1) is 40.9. The third-order valence-corrected chi connectivity index (χ3v) is 14.0. The van der Waals surface area contributed by atoms with Gasteiger partial charge in [0.1, 0.15) is 22.7 Å². The van der Waals surface area contributed by atoms with Crippen molar-refractivity contribution in [2.45, 2.75) is 76.3 Å². The molecule has 0 spiro atoms. The molecule has 0 aliphatic carbocycles. The van der Waals surface area contributed by atoms with Crippen molar-refractivity contribution in [2.24, 2.45) is 0 Å². The number of hydrogen-bond acceptors (Lipinski definition) is 15. The number of ether oxygens (including phenoxy) is 1. The second-order valence-corrected chi connectivity index (χ2v) is 18.2. The molecule has 61 heavy (non-hydrogen) atoms. The SMILES string of the molecule is CC(C)c1cc(C(=O)N2Cc3ccc(CN4CCC(O)(C(=O)N5CCC(O)(c6cc7nc(-c8cnc(N)nc8)nc(N8CCOCC8)c7s6)CC5)CC4)cc3C2)c(O)cc1O. The van der Waals surface area contributed by atoms with Crippen molar-refractivity contribution >= 4 is 45.1 Å². The van der Waals surface area contributed by atoms with Crippen LogP contribution in [0.4, 0.5) is 11.8 Å². The molecule has 3 saturated heterocycles. The van der Waals surface area contributed by atoms with Gasteiger partial charge in [-0.15, -0.1) is 11.3 Å². The minimum Gasteiger partial charge on any atom is -0.508 e. The van der Waals surface area contributed by atoms with Crippen molar-refractivity contribution in [3.63, 3.8) is 0 Å². The minimum absolute atomic E-state index is 0.0134. The number of fused-ring (bicyclic) bond motifs is 2. The topological polar surface area (TPSA) is 215 Å². The van der Waals surface area contributed by atoms with E-state index in [2.05, 4.69) is 31.9 Å². The maximum Gasteiger partial charge on any atom is 0.258 e. The van der Waals surface area contributed by atoms with Crippen LogP contribution >= 0.6 is 11.3 Å². The van der Waals surface area contributed by atoms with Crippen LogP contribution in [0.2, 0.25) is 0 Å². The number of nitrogens with two attached hydrogens (primary N) is 1. The predicted molar refractivity (Wildman–Crippen MR) is 229 cm³/mol. The van der Waals surface area contributed by atoms with Crippen LogP contribution in [0.3, 0.4) is 0 Å². The third kappa shape index (κ3) is 7.96. The molecule has 3 aromatic heterocycles. The molecule has 4 aliphatic rings. The molecular formula is C44H51N9O7S. The highest BCUT2D eigenvalue weighted by Crippen LogP contribution is 2.43. The number of phenols is 2. The first-order valence-electron chi connectivity index (χ1n) is 20.9. The summed E-state index contributed by atoms with van der Waals surface area (Å²) in [5.41, 5.74) is 8.37. The molecule has 0 saturated carbocycles. The van der Waals surface area contributed by atoms with E-state index in [0.29, 0.717) is 120 Å². The summed E-state index contributed by atoms with van der Waals surface area (Å²) in [7, 11) is 0. The summed E-state index contributed by atoms with van der Waals surface area (Å²) in [6.45, 7) is 9.53. The number of likely N-dealkylation sites (tertiary alicyclic amines) is 2. The van der Waals surface area contributed by atoms with E-state index in [9.17, 15) is 30.0 Å². The Labute approximate surface area is 357 Å². The lowest BCUT2D eigenvalue weighted by Gasteiger charge is -2.43. The van der Waals surface area contributed by atoms with Gasteiger partial charge in [-0.25, -0.2) is 19.9 Å². The van der Waals surface area contributed by atoms with Gasteiger partial charge in [0.15, 0.2) is 11.6 Å². The molecule has 0 radical (unpaired) electrons. The van der Waals surface area contributed by atoms with E-state index in [1.54, 1.807) is 28.3 Å². The zero-order valence-electron chi connectivity index (χ0n) is 34.4. The molecule has 17 heteroatoms. The van der Waals surface area contributed by atoms with Crippen LogP contribution in [0.15, 0.2) is 48.8 Å². The lowest BCUT2D eigenvalue weighted by Crippen LogP contribution is -2.57. The van der Waals surface area contributed by atoms with Gasteiger partial charge in [0.25, 0.3) is 11.8 Å². The Hall–Kier alpha value is -5.46. The Morgan fingerprint density at radius 3 is 2.26 bits per heavy atom. The summed E-state index contributed by atoms with van der Waals surface area (Å²) >= 11 is 1.47. The highest BCUT2D eigenvalue weighted by molar-refractivity contribution is 7.19. The second-order valence-electron chi connectivity index (χ2n) is 17.1. The Balaban J connectivity index is 0.817. The fraction of sp³-hybridized carbons (Fsp3) is 0.455. The van der Waals surface area contributed by atoms with Crippen LogP contribution in [0.1, 0.15) is 82.9 Å². The lowest BCUT2D eigenvalue weighted by atomic mass is 9.86. The maximum atomic E-state index is 13.9. The van der Waals surface area contributed by atoms with Gasteiger partial charge in [-0.1, -0.05) is 32.0 Å². The van der Waals surface area contributed by atoms with Crippen molar-refractivity contribution < 1.29 is 34.8 Å². The van der Waals surface area contributed by atoms with Crippen molar-refractivity contribution in [3.05, 3.63) is 81.5 Å². The van der Waals surface area contributed by atoms with Crippen LogP contribution in [-0.4, -0.2) is 125 Å². The normalized spacial score (nSPS) is 19.1. The third-order valence-electron chi connectivity index (χ3n) is 12.7. The first-order chi connectivity index (χ1) is 29.3. The van der Waals surface area contributed by atoms with Gasteiger partial charge in [0.2, 0.25) is 5.95 Å². The van der Waals surface area contributed by atoms with Gasteiger partial charge >= 0.3 is 0 Å². The summed E-state index contributed by atoms with van der Waals surface area (Å²) in [6.07, 6.45) is 4.45. The largest absolute Gasteiger partial charge is 0.508 e. The standard InChI is InChI=1S/C44H51N9O7S/c1-26(2)31-18-32(35(55)20-34(31)54)40(56)53-24-28-4-3-27(17-29(28)25-53)23-50-9-5-44(59,6-10-50)41(57)52-11-7-43(58,8-12-52)36-19-33-37(61-36)39(51-13-15-60-16-14-51)49-38(48-33)30-21-46-42(45)47-22-30/h3-4,17-22,26,54-55,58-59H,5-16,23-25H2,1-2H3,(H2,45,46,47). The summed E-state index contributed by atoms with van der Waals surface area (Å²) in [6, 6.07) is 11.0. The van der Waals surface area contributed by atoms with E-state index in [-0.39, 0.29) is 40.7 Å². The predicted octanol–water partition coefficient (Wildman–Crippen LogP) is 4.09. The molecular weight excluding hydrogens is 799 g/mol. The molecule has 0 bridgehead atoms. The highest BCUT2D eigenvalue weighted by atomic mass is 32.1. The number of aliphatic hydroxyl groups is 2. The van der Waals surface area contributed by atoms with E-state index >= 15 is 0 Å². The zero-order valence-corrected chi connectivity index (χ0v) is 35.2. The number of hydrogen-bond donors (Lipinski definition) is 5. The molecule has 3 fully saturated rings. The number of amides is 2. The average Bonchev–Trinajstić information content (AvgIpc) is 3.90. The summed E-state index contributed by atoms with van der Waals surface area (Å²) in [4.78, 5) is 54.0. The monoisotopic (exact) mass is 849 g/mol. The number of nitrogens with zero attached hydrogens (tertiary/aromatic N) is 8. The number of phenolic OH excluding ortho intramolecular Hbond substituents is 2. The number of carbonyl (C=O) groups is 2. The fourth-order valence-electron chi connectivity index (χ4n) is 8.98. The number of carbonyl (C=O) groups excluding carboxylic acids is 2. The molecule has 7 heterocycles. The van der Waals surface area contributed by atoms with Gasteiger partial charge in [-0.3, -0.25) is 14.5 Å². The Morgan fingerprint density at radius 2 is 1.56 bits per heavy atom. The van der Waals surface area contributed by atoms with E-state index in [1.165, 1.54) is 17.4 Å². The number of aromatic hydroxyl groups is 2. The number of benzene rings is 2. The molecule has 5 aromatic rings. The molecule has 320 valence electrons. The number of morpholine rings is 1. The fourth-order valence-corrected chi connectivity index (χ4v) is 10.2. The first-order valence-corrected chi connectivity index (χ1v) is 21.7. The second kappa shape index (κ2) is 16.1. The molecule has 0 unspecified atom stereocenters. The van der Waals surface area contributed by atoms with Gasteiger partial charge in [0.05, 0.1) is 34.6 Å². The Kier molecular flexibility index (Phi) is 10.8. The number of rotatable bonds is 8. The van der Waals surface area contributed by atoms with E-state index in [1.807, 2.05) is 26.0 Å². The molecule has 0 atom stereocenters. The molecule has 16 nitrogen and oxygen atoms in total. The number of anilines is 2. The Morgan fingerprint density at radius 1 is 0.852 bits per heavy atom. The average molecular weight is 850 g/mol. The van der Waals surface area contributed by atoms with Crippen LogP contribution < -0.4 is 10.6 Å². The smallest absolute Gasteiger partial charge is 0.258 e. The van der Waals surface area contributed by atoms with Crippen LogP contribution in [0, 0.1) is 0 Å². The van der Waals surface area contributed by atoms with Crippen molar-refractivity contribution in [1.82, 2.24) is 34.6 Å². The zero-order chi connectivity index (χ0) is 42.6. The van der Waals surface area contributed by atoms with Crippen LogP contribution in [0.5, 0.6) is 11.5 Å². The summed E-state index contributed by atoms with van der Waals surface area (Å²) in [5.74, 6) is 0.539. The van der Waals surface area contributed by atoms with E-state index in [4.69, 9.17) is 20.4 Å². The van der Waals surface area contributed by atoms with E-state index in [0.717, 1.165) is 32.1 Å². The summed E-state index contributed by atoms with van der Waals surface area (Å²) < 4.78 is 6.47. The number of piperidine rings is 2. The van der Waals surface area contributed by atoms with E-state index < -0.39 is 11.2 Å². The number of nitrogen functional groups attached to an aromatic ring is 1. The van der Waals surface area contributed by atoms with Gasteiger partial charge in [-0.05, 0) is 66.0 Å². The van der Waals surface area contributed by atoms with Crippen molar-refractivity contribution in [2.75, 3.05) is 63.1 Å². The highest BCUT2D eigenvalue weighted by Gasteiger charge is 2.45. The number of thiophene rings is 1. The minimum atomic E-state index is -1.48. The lowest BCUT2D eigenvalue weighted by molar-refractivity contribution is -0.160. The molecule has 6 N–H and O–H groups in total. The van der Waals surface area contributed by atoms with Gasteiger partial charge in [0, 0.05) is 82.2 Å². The van der Waals surface area contributed by atoms with Crippen LogP contribution in [0.25, 0.3) is 21.6 Å². The molecule has 2 amide bonds.